The molecule has 0 saturated heterocycles. The van der Waals surface area contributed by atoms with Gasteiger partial charge in [-0.05, 0) is 30.3 Å². The van der Waals surface area contributed by atoms with E-state index in [2.05, 4.69) is 5.32 Å². The topological polar surface area (TPSA) is 75.4 Å². The summed E-state index contributed by atoms with van der Waals surface area (Å²) in [7, 11) is 0. The van der Waals surface area contributed by atoms with Crippen molar-refractivity contribution in [2.24, 2.45) is 0 Å². The number of aromatic hydroxyl groups is 1. The molecule has 0 bridgehead atoms. The third-order valence-corrected chi connectivity index (χ3v) is 2.78. The Hall–Kier alpha value is -2.70. The molecule has 2 rings (SSSR count). The van der Waals surface area contributed by atoms with Gasteiger partial charge in [-0.3, -0.25) is 4.79 Å². The van der Waals surface area contributed by atoms with Crippen molar-refractivity contribution in [3.8, 4) is 5.75 Å². The predicted octanol–water partition coefficient (Wildman–Crippen LogP) is 3.25. The number of nitrogens with two attached hydrogens (primary N) is 1. The molecule has 2 aromatic rings. The average molecular weight is 296 g/mol. The molecule has 0 spiro atoms. The summed E-state index contributed by atoms with van der Waals surface area (Å²) in [6, 6.07) is 8.35. The van der Waals surface area contributed by atoms with Gasteiger partial charge in [-0.25, -0.2) is 0 Å². The van der Waals surface area contributed by atoms with Crippen molar-refractivity contribution < 1.29 is 23.1 Å². The Morgan fingerprint density at radius 1 is 1.14 bits per heavy atom. The van der Waals surface area contributed by atoms with Crippen molar-refractivity contribution in [1.82, 2.24) is 0 Å². The second-order valence-electron chi connectivity index (χ2n) is 4.27. The van der Waals surface area contributed by atoms with Crippen LogP contribution in [0.4, 0.5) is 24.5 Å². The maximum absolute atomic E-state index is 12.6. The summed E-state index contributed by atoms with van der Waals surface area (Å²) in [5, 5.41) is 11.8. The summed E-state index contributed by atoms with van der Waals surface area (Å²) >= 11 is 0. The van der Waals surface area contributed by atoms with Crippen molar-refractivity contribution in [1.29, 1.82) is 0 Å². The first-order chi connectivity index (χ1) is 9.79. The van der Waals surface area contributed by atoms with E-state index < -0.39 is 23.4 Å². The molecule has 0 atom stereocenters. The Kier molecular flexibility index (Phi) is 3.75. The van der Waals surface area contributed by atoms with Gasteiger partial charge in [-0.15, -0.1) is 0 Å². The fourth-order valence-electron chi connectivity index (χ4n) is 1.71. The van der Waals surface area contributed by atoms with Crippen LogP contribution in [-0.4, -0.2) is 11.0 Å². The van der Waals surface area contributed by atoms with Gasteiger partial charge in [0, 0.05) is 5.69 Å². The zero-order chi connectivity index (χ0) is 15.6. The van der Waals surface area contributed by atoms with Gasteiger partial charge in [-0.2, -0.15) is 13.2 Å². The highest BCUT2D eigenvalue weighted by Gasteiger charge is 2.31. The molecule has 0 aromatic heterocycles. The second-order valence-corrected chi connectivity index (χ2v) is 4.27. The molecule has 110 valence electrons. The van der Waals surface area contributed by atoms with Crippen molar-refractivity contribution in [3.63, 3.8) is 0 Å². The predicted molar refractivity (Wildman–Crippen MR) is 71.9 cm³/mol. The van der Waals surface area contributed by atoms with Crippen LogP contribution < -0.4 is 11.1 Å². The summed E-state index contributed by atoms with van der Waals surface area (Å²) in [6.07, 6.45) is -4.57. The number of hydrogen-bond acceptors (Lipinski definition) is 3. The molecular weight excluding hydrogens is 285 g/mol. The van der Waals surface area contributed by atoms with Crippen molar-refractivity contribution in [3.05, 3.63) is 53.6 Å². The van der Waals surface area contributed by atoms with E-state index in [0.717, 1.165) is 12.1 Å². The first-order valence-electron chi connectivity index (χ1n) is 5.85. The molecule has 0 aliphatic heterocycles. The maximum atomic E-state index is 12.6. The Labute approximate surface area is 118 Å². The second kappa shape index (κ2) is 5.35. The first-order valence-corrected chi connectivity index (χ1v) is 5.85. The fraction of sp³-hybridized carbons (Fsp3) is 0.0714. The number of benzene rings is 2. The largest absolute Gasteiger partial charge is 0.506 e. The Morgan fingerprint density at radius 3 is 2.43 bits per heavy atom. The van der Waals surface area contributed by atoms with Crippen LogP contribution in [0.1, 0.15) is 15.9 Å². The molecular formula is C14H11F3N2O2. The van der Waals surface area contributed by atoms with Crippen LogP contribution in [0.2, 0.25) is 0 Å². The van der Waals surface area contributed by atoms with Crippen LogP contribution in [-0.2, 0) is 6.18 Å². The Morgan fingerprint density at radius 2 is 1.81 bits per heavy atom. The lowest BCUT2D eigenvalue weighted by Gasteiger charge is -2.12. The monoisotopic (exact) mass is 296 g/mol. The quantitative estimate of drug-likeness (QED) is 0.588. The highest BCUT2D eigenvalue weighted by atomic mass is 19.4. The van der Waals surface area contributed by atoms with Gasteiger partial charge in [0.2, 0.25) is 0 Å². The number of carbonyl (C=O) groups is 1. The third kappa shape index (κ3) is 3.25. The first kappa shape index (κ1) is 14.7. The summed E-state index contributed by atoms with van der Waals surface area (Å²) in [5.74, 6) is -1.17. The lowest BCUT2D eigenvalue weighted by Crippen LogP contribution is -2.15. The number of amides is 1. The van der Waals surface area contributed by atoms with Gasteiger partial charge < -0.3 is 16.2 Å². The van der Waals surface area contributed by atoms with Crippen LogP contribution in [0.5, 0.6) is 5.75 Å². The molecule has 0 aliphatic rings. The molecule has 4 N–H and O–H groups in total. The number of hydrogen-bond donors (Lipinski definition) is 3. The molecule has 0 unspecified atom stereocenters. The molecule has 21 heavy (non-hydrogen) atoms. The van der Waals surface area contributed by atoms with E-state index in [1.807, 2.05) is 0 Å². The number of para-hydroxylation sites is 1. The van der Waals surface area contributed by atoms with E-state index in [4.69, 9.17) is 5.73 Å². The summed E-state index contributed by atoms with van der Waals surface area (Å²) in [6.45, 7) is 0. The highest BCUT2D eigenvalue weighted by molar-refractivity contribution is 6.08. The number of alkyl halides is 3. The lowest BCUT2D eigenvalue weighted by atomic mass is 10.1. The normalized spacial score (nSPS) is 11.2. The molecule has 0 heterocycles. The van der Waals surface area contributed by atoms with E-state index in [1.54, 1.807) is 12.1 Å². The van der Waals surface area contributed by atoms with E-state index in [0.29, 0.717) is 6.07 Å². The van der Waals surface area contributed by atoms with E-state index in [9.17, 15) is 23.1 Å². The molecule has 1 amide bonds. The van der Waals surface area contributed by atoms with E-state index >= 15 is 0 Å². The number of halogens is 3. The number of nitrogens with one attached hydrogen (secondary N) is 1. The van der Waals surface area contributed by atoms with Crippen molar-refractivity contribution in [2.75, 3.05) is 11.1 Å². The number of phenols is 1. The van der Waals surface area contributed by atoms with Crippen LogP contribution >= 0.6 is 0 Å². The SMILES string of the molecule is Nc1ccccc1C(=O)Nc1cc(C(F)(F)F)ccc1O. The van der Waals surface area contributed by atoms with Gasteiger partial charge in [0.05, 0.1) is 16.8 Å². The smallest absolute Gasteiger partial charge is 0.416 e. The number of nitrogen functional groups attached to an aromatic ring is 1. The number of carbonyl (C=O) groups excluding carboxylic acids is 1. The lowest BCUT2D eigenvalue weighted by molar-refractivity contribution is -0.137. The van der Waals surface area contributed by atoms with Gasteiger partial charge in [-0.1, -0.05) is 12.1 Å². The van der Waals surface area contributed by atoms with Gasteiger partial charge in [0.1, 0.15) is 5.75 Å². The third-order valence-electron chi connectivity index (χ3n) is 2.78. The minimum absolute atomic E-state index is 0.106. The minimum atomic E-state index is -4.57. The van der Waals surface area contributed by atoms with Crippen LogP contribution in [0.25, 0.3) is 0 Å². The maximum Gasteiger partial charge on any atom is 0.416 e. The fourth-order valence-corrected chi connectivity index (χ4v) is 1.71. The molecule has 0 saturated carbocycles. The zero-order valence-corrected chi connectivity index (χ0v) is 10.6. The van der Waals surface area contributed by atoms with Crippen molar-refractivity contribution in [2.45, 2.75) is 6.18 Å². The minimum Gasteiger partial charge on any atom is -0.506 e. The molecule has 0 aliphatic carbocycles. The summed E-state index contributed by atoms with van der Waals surface area (Å²) in [5.41, 5.74) is 4.59. The van der Waals surface area contributed by atoms with E-state index in [-0.39, 0.29) is 16.9 Å². The average Bonchev–Trinajstić information content (AvgIpc) is 2.40. The van der Waals surface area contributed by atoms with Crippen LogP contribution in [0.3, 0.4) is 0 Å². The molecule has 7 heteroatoms. The number of anilines is 2. The summed E-state index contributed by atoms with van der Waals surface area (Å²) < 4.78 is 37.8. The number of rotatable bonds is 2. The van der Waals surface area contributed by atoms with Crippen LogP contribution in [0, 0.1) is 0 Å². The Bertz CT molecular complexity index is 684. The molecule has 2 aromatic carbocycles. The number of phenolic OH excluding ortho intramolecular Hbond substituents is 1. The standard InChI is InChI=1S/C14H11F3N2O2/c15-14(16,17)8-5-6-12(20)11(7-8)19-13(21)9-3-1-2-4-10(9)18/h1-7,20H,18H2,(H,19,21). The molecule has 4 nitrogen and oxygen atoms in total. The molecule has 0 fully saturated rings. The van der Waals surface area contributed by atoms with Gasteiger partial charge in [0.25, 0.3) is 5.91 Å². The van der Waals surface area contributed by atoms with Gasteiger partial charge >= 0.3 is 6.18 Å². The van der Waals surface area contributed by atoms with Gasteiger partial charge in [0.15, 0.2) is 0 Å². The zero-order valence-electron chi connectivity index (χ0n) is 10.6. The molecule has 0 radical (unpaired) electrons. The van der Waals surface area contributed by atoms with E-state index in [1.165, 1.54) is 12.1 Å². The Balaban J connectivity index is 2.31. The summed E-state index contributed by atoms with van der Waals surface area (Å²) in [4.78, 5) is 12.0. The highest BCUT2D eigenvalue weighted by Crippen LogP contribution is 2.34. The van der Waals surface area contributed by atoms with Crippen molar-refractivity contribution >= 4 is 17.3 Å². The van der Waals surface area contributed by atoms with Crippen LogP contribution in [0.15, 0.2) is 42.5 Å².